The van der Waals surface area contributed by atoms with Crippen molar-refractivity contribution in [3.63, 3.8) is 0 Å². The first-order valence-corrected chi connectivity index (χ1v) is 17.4. The van der Waals surface area contributed by atoms with Gasteiger partial charge in [-0.2, -0.15) is 0 Å². The summed E-state index contributed by atoms with van der Waals surface area (Å²) in [7, 11) is -5.55. The molecule has 0 heterocycles. The standard InChI is InChI=1S/C28H46O6Si2/c1-7-29-35(30-8-2,31-9-3)23-21-26-19-16-20-27(25-17-14-13-15-18-25)28(26)22-24-36(32-10-4,33-11-5)34-12-6/h13-20H,7-12,21-24H2,1-6H3. The molecule has 0 amide bonds. The Morgan fingerprint density at radius 3 is 1.39 bits per heavy atom. The second kappa shape index (κ2) is 16.5. The predicted octanol–water partition coefficient (Wildman–Crippen LogP) is 6.54. The van der Waals surface area contributed by atoms with Gasteiger partial charge in [0.25, 0.3) is 0 Å². The van der Waals surface area contributed by atoms with Gasteiger partial charge in [0, 0.05) is 51.7 Å². The van der Waals surface area contributed by atoms with E-state index in [0.717, 1.165) is 24.9 Å². The van der Waals surface area contributed by atoms with E-state index >= 15 is 0 Å². The van der Waals surface area contributed by atoms with Gasteiger partial charge in [-0.1, -0.05) is 48.5 Å². The summed E-state index contributed by atoms with van der Waals surface area (Å²) in [5.74, 6) is 0. The Morgan fingerprint density at radius 2 is 0.944 bits per heavy atom. The highest BCUT2D eigenvalue weighted by Gasteiger charge is 2.42. The minimum Gasteiger partial charge on any atom is -0.374 e. The molecule has 202 valence electrons. The highest BCUT2D eigenvalue weighted by atomic mass is 28.4. The molecule has 2 rings (SSSR count). The lowest BCUT2D eigenvalue weighted by molar-refractivity contribution is 0.0703. The summed E-state index contributed by atoms with van der Waals surface area (Å²) in [6, 6.07) is 18.6. The molecule has 0 radical (unpaired) electrons. The van der Waals surface area contributed by atoms with Crippen molar-refractivity contribution in [3.05, 3.63) is 59.7 Å². The Labute approximate surface area is 221 Å². The molecule has 2 aromatic carbocycles. The minimum absolute atomic E-state index is 0.574. The SMILES string of the molecule is CCO[Si](CCc1cccc(-c2ccccc2)c1CC[Si](OCC)(OCC)OCC)(OCC)OCC. The van der Waals surface area contributed by atoms with Crippen LogP contribution in [0.2, 0.25) is 12.1 Å². The van der Waals surface area contributed by atoms with Crippen molar-refractivity contribution >= 4 is 17.6 Å². The van der Waals surface area contributed by atoms with Crippen molar-refractivity contribution in [2.45, 2.75) is 66.5 Å². The maximum absolute atomic E-state index is 6.17. The molecule has 0 unspecified atom stereocenters. The lowest BCUT2D eigenvalue weighted by atomic mass is 9.93. The Morgan fingerprint density at radius 1 is 0.500 bits per heavy atom. The van der Waals surface area contributed by atoms with Gasteiger partial charge in [-0.25, -0.2) is 0 Å². The van der Waals surface area contributed by atoms with Crippen molar-refractivity contribution < 1.29 is 26.6 Å². The van der Waals surface area contributed by atoms with Gasteiger partial charge in [-0.3, -0.25) is 0 Å². The average molecular weight is 535 g/mol. The zero-order valence-electron chi connectivity index (χ0n) is 23.1. The van der Waals surface area contributed by atoms with Crippen LogP contribution in [0, 0.1) is 0 Å². The van der Waals surface area contributed by atoms with Crippen LogP contribution in [0.3, 0.4) is 0 Å². The lowest BCUT2D eigenvalue weighted by Gasteiger charge is -2.30. The highest BCUT2D eigenvalue weighted by Crippen LogP contribution is 2.32. The molecule has 2 aromatic rings. The van der Waals surface area contributed by atoms with E-state index in [1.54, 1.807) is 0 Å². The number of rotatable bonds is 19. The first-order valence-electron chi connectivity index (χ1n) is 13.5. The van der Waals surface area contributed by atoms with E-state index in [4.69, 9.17) is 26.6 Å². The first kappa shape index (κ1) is 30.9. The summed E-state index contributed by atoms with van der Waals surface area (Å²) in [4.78, 5) is 0. The number of hydrogen-bond donors (Lipinski definition) is 0. The average Bonchev–Trinajstić information content (AvgIpc) is 2.88. The third-order valence-electron chi connectivity index (χ3n) is 5.93. The molecule has 0 spiro atoms. The number of aryl methyl sites for hydroxylation is 1. The summed E-state index contributed by atoms with van der Waals surface area (Å²) >= 11 is 0. The maximum Gasteiger partial charge on any atom is 0.501 e. The molecule has 0 aliphatic rings. The van der Waals surface area contributed by atoms with Crippen LogP contribution in [0.5, 0.6) is 0 Å². The van der Waals surface area contributed by atoms with Crippen molar-refractivity contribution in [1.82, 2.24) is 0 Å². The van der Waals surface area contributed by atoms with Gasteiger partial charge >= 0.3 is 17.6 Å². The number of benzene rings is 2. The Kier molecular flexibility index (Phi) is 14.1. The Hall–Kier alpha value is -1.37. The molecular weight excluding hydrogens is 488 g/mol. The second-order valence-corrected chi connectivity index (χ2v) is 13.7. The zero-order chi connectivity index (χ0) is 26.3. The van der Waals surface area contributed by atoms with Gasteiger partial charge in [0.15, 0.2) is 0 Å². The van der Waals surface area contributed by atoms with Gasteiger partial charge in [-0.15, -0.1) is 0 Å². The molecule has 8 heteroatoms. The van der Waals surface area contributed by atoms with E-state index in [1.165, 1.54) is 22.3 Å². The molecule has 0 aliphatic heterocycles. The van der Waals surface area contributed by atoms with E-state index in [1.807, 2.05) is 41.5 Å². The summed E-state index contributed by atoms with van der Waals surface area (Å²) in [5.41, 5.74) is 5.01. The van der Waals surface area contributed by atoms with Crippen LogP contribution in [-0.4, -0.2) is 57.3 Å². The molecule has 0 bridgehead atoms. The largest absolute Gasteiger partial charge is 0.501 e. The fourth-order valence-electron chi connectivity index (χ4n) is 4.62. The molecule has 36 heavy (non-hydrogen) atoms. The smallest absolute Gasteiger partial charge is 0.374 e. The van der Waals surface area contributed by atoms with Gasteiger partial charge in [-0.05, 0) is 76.6 Å². The first-order chi connectivity index (χ1) is 17.5. The highest BCUT2D eigenvalue weighted by molar-refractivity contribution is 6.61. The van der Waals surface area contributed by atoms with Gasteiger partial charge in [0.1, 0.15) is 0 Å². The maximum atomic E-state index is 6.17. The molecule has 0 fully saturated rings. The van der Waals surface area contributed by atoms with Crippen LogP contribution < -0.4 is 0 Å². The van der Waals surface area contributed by atoms with E-state index in [-0.39, 0.29) is 0 Å². The molecule has 0 atom stereocenters. The van der Waals surface area contributed by atoms with Crippen molar-refractivity contribution in [2.24, 2.45) is 0 Å². The van der Waals surface area contributed by atoms with E-state index in [2.05, 4.69) is 48.5 Å². The van der Waals surface area contributed by atoms with Crippen molar-refractivity contribution in [1.29, 1.82) is 0 Å². The molecule has 0 saturated heterocycles. The lowest BCUT2D eigenvalue weighted by Crippen LogP contribution is -2.46. The van der Waals surface area contributed by atoms with Crippen LogP contribution >= 0.6 is 0 Å². The second-order valence-electron chi connectivity index (χ2n) is 8.27. The van der Waals surface area contributed by atoms with E-state index in [0.29, 0.717) is 39.6 Å². The normalized spacial score (nSPS) is 12.3. The zero-order valence-corrected chi connectivity index (χ0v) is 25.1. The summed E-state index contributed by atoms with van der Waals surface area (Å²) in [6.07, 6.45) is 1.62. The molecule has 0 saturated carbocycles. The van der Waals surface area contributed by atoms with Crippen LogP contribution in [-0.2, 0) is 39.4 Å². The predicted molar refractivity (Wildman–Crippen MR) is 150 cm³/mol. The van der Waals surface area contributed by atoms with Crippen molar-refractivity contribution in [2.75, 3.05) is 39.6 Å². The fraction of sp³-hybridized carbons (Fsp3) is 0.571. The third kappa shape index (κ3) is 8.88. The fourth-order valence-corrected chi connectivity index (χ4v) is 9.76. The van der Waals surface area contributed by atoms with Crippen LogP contribution in [0.1, 0.15) is 52.7 Å². The Balaban J connectivity index is 2.45. The van der Waals surface area contributed by atoms with E-state index in [9.17, 15) is 0 Å². The quantitative estimate of drug-likeness (QED) is 0.191. The topological polar surface area (TPSA) is 55.4 Å². The monoisotopic (exact) mass is 534 g/mol. The van der Waals surface area contributed by atoms with Gasteiger partial charge < -0.3 is 26.6 Å². The van der Waals surface area contributed by atoms with E-state index < -0.39 is 17.6 Å². The van der Waals surface area contributed by atoms with Crippen LogP contribution in [0.25, 0.3) is 11.1 Å². The van der Waals surface area contributed by atoms with Crippen molar-refractivity contribution in [3.8, 4) is 11.1 Å². The van der Waals surface area contributed by atoms with Gasteiger partial charge in [0.05, 0.1) is 0 Å². The Bertz CT molecular complexity index is 830. The molecule has 0 N–H and O–H groups in total. The molecular formula is C28H46O6Si2. The van der Waals surface area contributed by atoms with Crippen LogP contribution in [0.4, 0.5) is 0 Å². The summed E-state index contributed by atoms with van der Waals surface area (Å²) < 4.78 is 36.9. The van der Waals surface area contributed by atoms with Gasteiger partial charge in [0.2, 0.25) is 0 Å². The molecule has 6 nitrogen and oxygen atoms in total. The minimum atomic E-state index is -2.79. The summed E-state index contributed by atoms with van der Waals surface area (Å²) in [5, 5.41) is 0. The third-order valence-corrected chi connectivity index (χ3v) is 12.0. The summed E-state index contributed by atoms with van der Waals surface area (Å²) in [6.45, 7) is 15.5. The van der Waals surface area contributed by atoms with Crippen LogP contribution in [0.15, 0.2) is 48.5 Å². The molecule has 0 aromatic heterocycles. The number of hydrogen-bond acceptors (Lipinski definition) is 6. The molecule has 0 aliphatic carbocycles.